The summed E-state index contributed by atoms with van der Waals surface area (Å²) in [5, 5.41) is 0. The second-order valence-electron chi connectivity index (χ2n) is 4.98. The van der Waals surface area contributed by atoms with Gasteiger partial charge in [0.1, 0.15) is 0 Å². The molecule has 0 bridgehead atoms. The molecule has 0 unspecified atom stereocenters. The molecule has 0 heterocycles. The summed E-state index contributed by atoms with van der Waals surface area (Å²) in [6.45, 7) is 9.31. The van der Waals surface area contributed by atoms with Gasteiger partial charge in [-0.15, -0.1) is 0 Å². The monoisotopic (exact) mass is 235 g/mol. The van der Waals surface area contributed by atoms with Crippen LogP contribution < -0.4 is 4.72 Å². The maximum Gasteiger partial charge on any atom is 0.216 e. The highest BCUT2D eigenvalue weighted by Crippen LogP contribution is 2.16. The number of sulfonamides is 1. The van der Waals surface area contributed by atoms with Crippen molar-refractivity contribution in [2.24, 2.45) is 0 Å². The van der Waals surface area contributed by atoms with Crippen molar-refractivity contribution in [1.82, 2.24) is 4.72 Å². The summed E-state index contributed by atoms with van der Waals surface area (Å²) in [5.41, 5.74) is 0. The van der Waals surface area contributed by atoms with Crippen molar-refractivity contribution in [2.45, 2.75) is 71.1 Å². The highest BCUT2D eigenvalue weighted by molar-refractivity contribution is 7.90. The molecular weight excluding hydrogens is 210 g/mol. The number of rotatable bonds is 6. The zero-order valence-electron chi connectivity index (χ0n) is 10.6. The van der Waals surface area contributed by atoms with Crippen LogP contribution in [0.25, 0.3) is 0 Å². The van der Waals surface area contributed by atoms with Crippen molar-refractivity contribution in [3.63, 3.8) is 0 Å². The van der Waals surface area contributed by atoms with E-state index in [4.69, 9.17) is 0 Å². The molecule has 0 aliphatic rings. The third-order valence-electron chi connectivity index (χ3n) is 2.53. The van der Waals surface area contributed by atoms with Crippen LogP contribution in [-0.4, -0.2) is 19.2 Å². The van der Waals surface area contributed by atoms with Crippen molar-refractivity contribution in [2.75, 3.05) is 0 Å². The van der Waals surface area contributed by atoms with Crippen LogP contribution in [0.15, 0.2) is 0 Å². The fourth-order valence-corrected chi connectivity index (χ4v) is 2.27. The van der Waals surface area contributed by atoms with Gasteiger partial charge in [-0.2, -0.15) is 0 Å². The average molecular weight is 235 g/mol. The quantitative estimate of drug-likeness (QED) is 0.769. The predicted octanol–water partition coefficient (Wildman–Crippen LogP) is 2.67. The molecule has 3 nitrogen and oxygen atoms in total. The lowest BCUT2D eigenvalue weighted by molar-refractivity contribution is 0.485. The zero-order chi connectivity index (χ0) is 12.1. The van der Waals surface area contributed by atoms with E-state index < -0.39 is 14.8 Å². The fourth-order valence-electron chi connectivity index (χ4n) is 1.19. The van der Waals surface area contributed by atoms with E-state index in [1.807, 2.05) is 6.92 Å². The number of nitrogens with one attached hydrogen (secondary N) is 1. The molecule has 0 amide bonds. The summed E-state index contributed by atoms with van der Waals surface area (Å²) in [6.07, 6.45) is 3.97. The van der Waals surface area contributed by atoms with Gasteiger partial charge < -0.3 is 0 Å². The van der Waals surface area contributed by atoms with Gasteiger partial charge in [0.2, 0.25) is 10.0 Å². The van der Waals surface area contributed by atoms with Crippen LogP contribution in [0.1, 0.15) is 60.3 Å². The first-order chi connectivity index (χ1) is 6.74. The number of unbranched alkanes of at least 4 members (excludes halogenated alkanes) is 1. The van der Waals surface area contributed by atoms with Crippen molar-refractivity contribution >= 4 is 10.0 Å². The SMILES string of the molecule is CCCC[C@@H](CC)NS(=O)(=O)C(C)(C)C. The van der Waals surface area contributed by atoms with Crippen LogP contribution in [0.4, 0.5) is 0 Å². The van der Waals surface area contributed by atoms with Crippen molar-refractivity contribution in [1.29, 1.82) is 0 Å². The second-order valence-corrected chi connectivity index (χ2v) is 7.45. The van der Waals surface area contributed by atoms with Gasteiger partial charge in [0.15, 0.2) is 0 Å². The van der Waals surface area contributed by atoms with E-state index in [0.717, 1.165) is 25.7 Å². The smallest absolute Gasteiger partial charge is 0.212 e. The summed E-state index contributed by atoms with van der Waals surface area (Å²) in [7, 11) is -3.19. The van der Waals surface area contributed by atoms with Gasteiger partial charge >= 0.3 is 0 Å². The number of hydrogen-bond donors (Lipinski definition) is 1. The summed E-state index contributed by atoms with van der Waals surface area (Å²) in [4.78, 5) is 0. The minimum Gasteiger partial charge on any atom is -0.212 e. The van der Waals surface area contributed by atoms with Crippen LogP contribution in [0.2, 0.25) is 0 Å². The molecule has 0 saturated heterocycles. The number of hydrogen-bond acceptors (Lipinski definition) is 2. The van der Waals surface area contributed by atoms with Crippen molar-refractivity contribution < 1.29 is 8.42 Å². The Morgan fingerprint density at radius 1 is 1.20 bits per heavy atom. The Morgan fingerprint density at radius 2 is 1.73 bits per heavy atom. The fraction of sp³-hybridized carbons (Fsp3) is 1.00. The van der Waals surface area contributed by atoms with E-state index in [-0.39, 0.29) is 6.04 Å². The van der Waals surface area contributed by atoms with Gasteiger partial charge in [0.25, 0.3) is 0 Å². The molecule has 0 aliphatic heterocycles. The van der Waals surface area contributed by atoms with E-state index in [1.54, 1.807) is 20.8 Å². The van der Waals surface area contributed by atoms with Gasteiger partial charge in [0.05, 0.1) is 4.75 Å². The molecule has 0 radical (unpaired) electrons. The van der Waals surface area contributed by atoms with E-state index in [2.05, 4.69) is 11.6 Å². The highest BCUT2D eigenvalue weighted by Gasteiger charge is 2.30. The Hall–Kier alpha value is -0.0900. The Kier molecular flexibility index (Phi) is 5.81. The lowest BCUT2D eigenvalue weighted by Crippen LogP contribution is -2.44. The Bertz CT molecular complexity index is 265. The van der Waals surface area contributed by atoms with Gasteiger partial charge in [-0.05, 0) is 33.6 Å². The van der Waals surface area contributed by atoms with Gasteiger partial charge in [0, 0.05) is 6.04 Å². The van der Waals surface area contributed by atoms with Crippen LogP contribution in [0.3, 0.4) is 0 Å². The first kappa shape index (κ1) is 14.9. The van der Waals surface area contributed by atoms with E-state index >= 15 is 0 Å². The maximum atomic E-state index is 11.9. The Labute approximate surface area is 94.7 Å². The van der Waals surface area contributed by atoms with Crippen LogP contribution in [-0.2, 0) is 10.0 Å². The first-order valence-electron chi connectivity index (χ1n) is 5.76. The van der Waals surface area contributed by atoms with Crippen LogP contribution in [0.5, 0.6) is 0 Å². The molecule has 0 spiro atoms. The topological polar surface area (TPSA) is 46.2 Å². The lowest BCUT2D eigenvalue weighted by Gasteiger charge is -2.24. The molecule has 0 aliphatic carbocycles. The summed E-state index contributed by atoms with van der Waals surface area (Å²) < 4.78 is 25.8. The first-order valence-corrected chi connectivity index (χ1v) is 7.24. The molecule has 1 atom stereocenters. The summed E-state index contributed by atoms with van der Waals surface area (Å²) in [5.74, 6) is 0. The largest absolute Gasteiger partial charge is 0.216 e. The standard InChI is InChI=1S/C11H25NO2S/c1-6-8-9-10(7-2)12-15(13,14)11(3,4)5/h10,12H,6-9H2,1-5H3/t10-/m1/s1. The lowest BCUT2D eigenvalue weighted by atomic mass is 10.1. The zero-order valence-corrected chi connectivity index (χ0v) is 11.4. The molecule has 0 aromatic rings. The molecule has 0 aromatic heterocycles. The minimum absolute atomic E-state index is 0.0918. The van der Waals surface area contributed by atoms with E-state index in [0.29, 0.717) is 0 Å². The molecular formula is C11H25NO2S. The van der Waals surface area contributed by atoms with Crippen molar-refractivity contribution in [3.05, 3.63) is 0 Å². The minimum atomic E-state index is -3.19. The molecule has 1 N–H and O–H groups in total. The van der Waals surface area contributed by atoms with E-state index in [1.165, 1.54) is 0 Å². The molecule has 92 valence electrons. The Morgan fingerprint density at radius 3 is 2.07 bits per heavy atom. The molecule has 0 saturated carbocycles. The summed E-state index contributed by atoms with van der Waals surface area (Å²) in [6, 6.07) is 0.0918. The van der Waals surface area contributed by atoms with Crippen molar-refractivity contribution in [3.8, 4) is 0 Å². The molecule has 4 heteroatoms. The maximum absolute atomic E-state index is 11.9. The summed E-state index contributed by atoms with van der Waals surface area (Å²) >= 11 is 0. The highest BCUT2D eigenvalue weighted by atomic mass is 32.2. The van der Waals surface area contributed by atoms with Gasteiger partial charge in [-0.25, -0.2) is 13.1 Å². The normalized spacial score (nSPS) is 15.3. The molecule has 0 fully saturated rings. The molecule has 0 rings (SSSR count). The van der Waals surface area contributed by atoms with Crippen LogP contribution >= 0.6 is 0 Å². The Balaban J connectivity index is 4.42. The van der Waals surface area contributed by atoms with Crippen LogP contribution in [0, 0.1) is 0 Å². The van der Waals surface area contributed by atoms with E-state index in [9.17, 15) is 8.42 Å². The predicted molar refractivity (Wildman–Crippen MR) is 65.4 cm³/mol. The second kappa shape index (κ2) is 5.85. The molecule has 15 heavy (non-hydrogen) atoms. The average Bonchev–Trinajstić information content (AvgIpc) is 2.10. The third kappa shape index (κ3) is 4.98. The van der Waals surface area contributed by atoms with Gasteiger partial charge in [-0.1, -0.05) is 26.7 Å². The van der Waals surface area contributed by atoms with Gasteiger partial charge in [-0.3, -0.25) is 0 Å². The molecule has 0 aromatic carbocycles. The third-order valence-corrected chi connectivity index (χ3v) is 4.78.